The molecule has 0 aliphatic carbocycles. The average molecular weight is 372 g/mol. The average Bonchev–Trinajstić information content (AvgIpc) is 2.75. The smallest absolute Gasteiger partial charge is 0.274 e. The lowest BCUT2D eigenvalue weighted by Gasteiger charge is -2.09. The van der Waals surface area contributed by atoms with E-state index in [1.807, 2.05) is 30.3 Å². The molecule has 0 saturated heterocycles. The molecule has 0 fully saturated rings. The summed E-state index contributed by atoms with van der Waals surface area (Å²) in [6, 6.07) is 20.3. The van der Waals surface area contributed by atoms with Crippen LogP contribution in [0.1, 0.15) is 21.6 Å². The molecule has 140 valence electrons. The zero-order chi connectivity index (χ0) is 19.8. The van der Waals surface area contributed by atoms with Crippen molar-refractivity contribution < 1.29 is 9.53 Å². The van der Waals surface area contributed by atoms with Crippen LogP contribution in [0.25, 0.3) is 0 Å². The number of hydrogen-bond acceptors (Lipinski definition) is 5. The van der Waals surface area contributed by atoms with Crippen LogP contribution in [0.5, 0.6) is 5.75 Å². The van der Waals surface area contributed by atoms with Gasteiger partial charge in [0.15, 0.2) is 0 Å². The van der Waals surface area contributed by atoms with Gasteiger partial charge in [-0.1, -0.05) is 24.3 Å². The molecule has 0 saturated carbocycles. The van der Waals surface area contributed by atoms with Gasteiger partial charge in [0, 0.05) is 6.54 Å². The van der Waals surface area contributed by atoms with Gasteiger partial charge in [-0.3, -0.25) is 4.79 Å². The zero-order valence-corrected chi connectivity index (χ0v) is 15.5. The first-order valence-corrected chi connectivity index (χ1v) is 8.83. The third-order valence-electron chi connectivity index (χ3n) is 4.19. The second-order valence-corrected chi connectivity index (χ2v) is 6.07. The molecule has 2 N–H and O–H groups in total. The Bertz CT molecular complexity index is 977. The van der Waals surface area contributed by atoms with Crippen LogP contribution >= 0.6 is 0 Å². The molecule has 6 nitrogen and oxygen atoms in total. The summed E-state index contributed by atoms with van der Waals surface area (Å²) in [4.78, 5) is 16.5. The summed E-state index contributed by atoms with van der Waals surface area (Å²) in [6.45, 7) is 0.745. The van der Waals surface area contributed by atoms with E-state index in [0.717, 1.165) is 24.4 Å². The first kappa shape index (κ1) is 18.9. The predicted octanol–water partition coefficient (Wildman–Crippen LogP) is 3.87. The number of anilines is 2. The molecule has 0 unspecified atom stereocenters. The Labute approximate surface area is 163 Å². The minimum atomic E-state index is -0.354. The molecule has 1 amide bonds. The fourth-order valence-electron chi connectivity index (χ4n) is 2.65. The SMILES string of the molecule is COc1ccc(CCNc2ccc(C(=O)Nc3ccccc3C#N)nc2)cc1. The molecule has 0 spiro atoms. The van der Waals surface area contributed by atoms with Gasteiger partial charge in [-0.25, -0.2) is 4.98 Å². The maximum absolute atomic E-state index is 12.3. The van der Waals surface area contributed by atoms with E-state index in [2.05, 4.69) is 21.7 Å². The lowest BCUT2D eigenvalue weighted by Crippen LogP contribution is -2.14. The van der Waals surface area contributed by atoms with Crippen LogP contribution in [0.3, 0.4) is 0 Å². The highest BCUT2D eigenvalue weighted by molar-refractivity contribution is 6.03. The fraction of sp³-hybridized carbons (Fsp3) is 0.136. The Kier molecular flexibility index (Phi) is 6.21. The largest absolute Gasteiger partial charge is 0.497 e. The molecular weight excluding hydrogens is 352 g/mol. The van der Waals surface area contributed by atoms with E-state index in [-0.39, 0.29) is 11.6 Å². The van der Waals surface area contributed by atoms with Crippen LogP contribution in [0.15, 0.2) is 66.9 Å². The molecule has 28 heavy (non-hydrogen) atoms. The monoisotopic (exact) mass is 372 g/mol. The van der Waals surface area contributed by atoms with Gasteiger partial charge in [0.25, 0.3) is 5.91 Å². The van der Waals surface area contributed by atoms with Crippen molar-refractivity contribution in [1.82, 2.24) is 4.98 Å². The van der Waals surface area contributed by atoms with Gasteiger partial charge in [0.1, 0.15) is 17.5 Å². The summed E-state index contributed by atoms with van der Waals surface area (Å²) in [5.41, 5.74) is 3.20. The minimum Gasteiger partial charge on any atom is -0.497 e. The van der Waals surface area contributed by atoms with Crippen LogP contribution in [-0.4, -0.2) is 24.5 Å². The van der Waals surface area contributed by atoms with E-state index < -0.39 is 0 Å². The number of hydrogen-bond donors (Lipinski definition) is 2. The topological polar surface area (TPSA) is 87.0 Å². The van der Waals surface area contributed by atoms with Crippen LogP contribution in [0.2, 0.25) is 0 Å². The van der Waals surface area contributed by atoms with E-state index in [1.54, 1.807) is 43.6 Å². The summed E-state index contributed by atoms with van der Waals surface area (Å²) in [5.74, 6) is 0.486. The molecule has 1 aromatic heterocycles. The van der Waals surface area contributed by atoms with E-state index in [1.165, 1.54) is 5.56 Å². The second-order valence-electron chi connectivity index (χ2n) is 6.07. The van der Waals surface area contributed by atoms with Gasteiger partial charge in [0.2, 0.25) is 0 Å². The fourth-order valence-corrected chi connectivity index (χ4v) is 2.65. The highest BCUT2D eigenvalue weighted by Crippen LogP contribution is 2.15. The van der Waals surface area contributed by atoms with E-state index >= 15 is 0 Å². The van der Waals surface area contributed by atoms with Crippen LogP contribution in [0.4, 0.5) is 11.4 Å². The van der Waals surface area contributed by atoms with Crippen molar-refractivity contribution in [2.75, 3.05) is 24.3 Å². The van der Waals surface area contributed by atoms with Gasteiger partial charge in [0.05, 0.1) is 30.2 Å². The first-order chi connectivity index (χ1) is 13.7. The van der Waals surface area contributed by atoms with Gasteiger partial charge in [-0.15, -0.1) is 0 Å². The molecular formula is C22H20N4O2. The number of para-hydroxylation sites is 1. The van der Waals surface area contributed by atoms with E-state index in [4.69, 9.17) is 10.00 Å². The Morgan fingerprint density at radius 1 is 1.11 bits per heavy atom. The Balaban J connectivity index is 1.54. The van der Waals surface area contributed by atoms with Crippen molar-refractivity contribution >= 4 is 17.3 Å². The maximum Gasteiger partial charge on any atom is 0.274 e. The summed E-state index contributed by atoms with van der Waals surface area (Å²) in [7, 11) is 1.65. The number of nitrogens with one attached hydrogen (secondary N) is 2. The molecule has 1 heterocycles. The van der Waals surface area contributed by atoms with Crippen LogP contribution in [-0.2, 0) is 6.42 Å². The molecule has 0 atom stereocenters. The Morgan fingerprint density at radius 2 is 1.89 bits per heavy atom. The highest BCUT2D eigenvalue weighted by Gasteiger charge is 2.10. The maximum atomic E-state index is 12.3. The van der Waals surface area contributed by atoms with Crippen molar-refractivity contribution in [3.63, 3.8) is 0 Å². The number of nitrogens with zero attached hydrogens (tertiary/aromatic N) is 2. The number of ether oxygens (including phenoxy) is 1. The van der Waals surface area contributed by atoms with Crippen LogP contribution < -0.4 is 15.4 Å². The number of carbonyl (C=O) groups is 1. The number of pyridine rings is 1. The van der Waals surface area contributed by atoms with Gasteiger partial charge >= 0.3 is 0 Å². The van der Waals surface area contributed by atoms with Crippen molar-refractivity contribution in [1.29, 1.82) is 5.26 Å². The molecule has 0 aliphatic rings. The molecule has 0 aliphatic heterocycles. The van der Waals surface area contributed by atoms with E-state index in [9.17, 15) is 4.79 Å². The molecule has 0 radical (unpaired) electrons. The lowest BCUT2D eigenvalue weighted by molar-refractivity contribution is 0.102. The summed E-state index contributed by atoms with van der Waals surface area (Å²) >= 11 is 0. The summed E-state index contributed by atoms with van der Waals surface area (Å²) < 4.78 is 5.15. The Morgan fingerprint density at radius 3 is 2.57 bits per heavy atom. The highest BCUT2D eigenvalue weighted by atomic mass is 16.5. The number of rotatable bonds is 7. The summed E-state index contributed by atoms with van der Waals surface area (Å²) in [6.07, 6.45) is 2.48. The van der Waals surface area contributed by atoms with Crippen molar-refractivity contribution in [3.8, 4) is 11.8 Å². The standard InChI is InChI=1S/C22H20N4O2/c1-28-19-9-6-16(7-10-19)12-13-24-18-8-11-21(25-15-18)22(27)26-20-5-3-2-4-17(20)14-23/h2-11,15,24H,12-13H2,1H3,(H,26,27). The number of aromatic nitrogens is 1. The predicted molar refractivity (Wildman–Crippen MR) is 109 cm³/mol. The lowest BCUT2D eigenvalue weighted by atomic mass is 10.1. The third kappa shape index (κ3) is 4.86. The number of amides is 1. The number of nitriles is 1. The molecule has 3 rings (SSSR count). The third-order valence-corrected chi connectivity index (χ3v) is 4.19. The zero-order valence-electron chi connectivity index (χ0n) is 15.5. The number of carbonyl (C=O) groups excluding carboxylic acids is 1. The molecule has 0 bridgehead atoms. The number of benzene rings is 2. The van der Waals surface area contributed by atoms with Gasteiger partial charge in [-0.2, -0.15) is 5.26 Å². The van der Waals surface area contributed by atoms with Crippen molar-refractivity contribution in [2.24, 2.45) is 0 Å². The first-order valence-electron chi connectivity index (χ1n) is 8.83. The molecule has 6 heteroatoms. The quantitative estimate of drug-likeness (QED) is 0.657. The normalized spacial score (nSPS) is 10.0. The summed E-state index contributed by atoms with van der Waals surface area (Å²) in [5, 5.41) is 15.1. The number of methoxy groups -OCH3 is 1. The minimum absolute atomic E-state index is 0.286. The van der Waals surface area contributed by atoms with Gasteiger partial charge in [-0.05, 0) is 48.4 Å². The Hall–Kier alpha value is -3.85. The molecule has 3 aromatic rings. The van der Waals surface area contributed by atoms with Crippen molar-refractivity contribution in [2.45, 2.75) is 6.42 Å². The van der Waals surface area contributed by atoms with Gasteiger partial charge < -0.3 is 15.4 Å². The second kappa shape index (κ2) is 9.19. The van der Waals surface area contributed by atoms with E-state index in [0.29, 0.717) is 11.3 Å². The van der Waals surface area contributed by atoms with Crippen molar-refractivity contribution in [3.05, 3.63) is 83.7 Å². The molecule has 2 aromatic carbocycles. The van der Waals surface area contributed by atoms with Crippen LogP contribution in [0, 0.1) is 11.3 Å².